The highest BCUT2D eigenvalue weighted by Crippen LogP contribution is 2.44. The molecule has 1 aromatic heterocycles. The largest absolute Gasteiger partial charge is 0.497 e. The quantitative estimate of drug-likeness (QED) is 0.278. The Balaban J connectivity index is 1.24. The van der Waals surface area contributed by atoms with Gasteiger partial charge >= 0.3 is 0 Å². The van der Waals surface area contributed by atoms with Crippen molar-refractivity contribution in [3.8, 4) is 22.6 Å². The Morgan fingerprint density at radius 1 is 0.919 bits per heavy atom. The van der Waals surface area contributed by atoms with Crippen LogP contribution in [0.4, 0.5) is 0 Å². The molecule has 4 nitrogen and oxygen atoms in total. The van der Waals surface area contributed by atoms with Crippen molar-refractivity contribution in [3.05, 3.63) is 77.1 Å². The van der Waals surface area contributed by atoms with Crippen LogP contribution in [0.3, 0.4) is 0 Å². The maximum atomic E-state index is 9.64. The van der Waals surface area contributed by atoms with E-state index < -0.39 is 8.15 Å². The normalized spacial score (nSPS) is 20.4. The number of hydrogen-bond donors (Lipinski definition) is 1. The number of rotatable bonds is 10. The van der Waals surface area contributed by atoms with Gasteiger partial charge in [0.15, 0.2) is 0 Å². The molecular weight excluding hydrogens is 477 g/mol. The summed E-state index contributed by atoms with van der Waals surface area (Å²) in [6.07, 6.45) is 8.98. The Kier molecular flexibility index (Phi) is 8.47. The monoisotopic (exact) mass is 517 g/mol. The predicted octanol–water partition coefficient (Wildman–Crippen LogP) is 7.86. The van der Waals surface area contributed by atoms with Crippen LogP contribution in [0.25, 0.3) is 11.1 Å². The lowest BCUT2D eigenvalue weighted by Crippen LogP contribution is -2.19. The molecule has 5 rings (SSSR count). The molecule has 5 heteroatoms. The topological polar surface area (TPSA) is 51.6 Å². The highest BCUT2D eigenvalue weighted by molar-refractivity contribution is 7.50. The first-order valence-corrected chi connectivity index (χ1v) is 15.7. The molecule has 196 valence electrons. The third-order valence-electron chi connectivity index (χ3n) is 7.93. The van der Waals surface area contributed by atoms with Crippen molar-refractivity contribution in [3.63, 3.8) is 0 Å². The molecule has 1 N–H and O–H groups in total. The van der Waals surface area contributed by atoms with Crippen LogP contribution in [0.1, 0.15) is 72.9 Å². The van der Waals surface area contributed by atoms with Gasteiger partial charge in [-0.2, -0.15) is 0 Å². The number of pyridine rings is 1. The van der Waals surface area contributed by atoms with Gasteiger partial charge in [0, 0.05) is 25.5 Å². The van der Waals surface area contributed by atoms with Crippen LogP contribution in [-0.2, 0) is 6.42 Å². The maximum Gasteiger partial charge on any atom is 0.119 e. The molecule has 0 spiro atoms. The van der Waals surface area contributed by atoms with E-state index >= 15 is 0 Å². The first-order valence-electron chi connectivity index (χ1n) is 13.8. The summed E-state index contributed by atoms with van der Waals surface area (Å²) in [5.74, 6) is 3.65. The molecule has 0 aliphatic heterocycles. The van der Waals surface area contributed by atoms with E-state index in [0.717, 1.165) is 36.4 Å². The lowest BCUT2D eigenvalue weighted by atomic mass is 9.77. The Bertz CT molecular complexity index is 1200. The molecule has 2 aliphatic rings. The van der Waals surface area contributed by atoms with Crippen molar-refractivity contribution in [2.24, 2.45) is 5.92 Å². The second-order valence-corrected chi connectivity index (χ2v) is 12.7. The summed E-state index contributed by atoms with van der Waals surface area (Å²) in [4.78, 5) is 14.5. The van der Waals surface area contributed by atoms with Gasteiger partial charge in [0.1, 0.15) is 11.5 Å². The van der Waals surface area contributed by atoms with E-state index in [1.807, 2.05) is 6.66 Å². The highest BCUT2D eigenvalue weighted by atomic mass is 31.1. The number of aromatic nitrogens is 1. The molecule has 3 aromatic rings. The molecular formula is C32H40NO3P. The number of aryl methyl sites for hydroxylation is 2. The zero-order valence-corrected chi connectivity index (χ0v) is 23.3. The van der Waals surface area contributed by atoms with Gasteiger partial charge in [-0.25, -0.2) is 0 Å². The Morgan fingerprint density at radius 3 is 2.43 bits per heavy atom. The molecule has 37 heavy (non-hydrogen) atoms. The van der Waals surface area contributed by atoms with Gasteiger partial charge in [-0.3, -0.25) is 4.98 Å². The van der Waals surface area contributed by atoms with E-state index in [1.54, 1.807) is 7.11 Å². The minimum Gasteiger partial charge on any atom is -0.497 e. The van der Waals surface area contributed by atoms with E-state index in [-0.39, 0.29) is 0 Å². The van der Waals surface area contributed by atoms with Crippen molar-refractivity contribution in [2.75, 3.05) is 26.5 Å². The van der Waals surface area contributed by atoms with E-state index in [0.29, 0.717) is 17.8 Å². The summed E-state index contributed by atoms with van der Waals surface area (Å²) in [6, 6.07) is 19.6. The fraction of sp³-hybridized carbons (Fsp3) is 0.469. The minimum atomic E-state index is -0.852. The molecule has 2 aromatic carbocycles. The summed E-state index contributed by atoms with van der Waals surface area (Å²) < 4.78 is 11.9. The number of benzene rings is 2. The van der Waals surface area contributed by atoms with Crippen LogP contribution in [0.2, 0.25) is 0 Å². The fourth-order valence-electron chi connectivity index (χ4n) is 5.64. The maximum absolute atomic E-state index is 9.64. The van der Waals surface area contributed by atoms with Gasteiger partial charge in [-0.1, -0.05) is 18.2 Å². The van der Waals surface area contributed by atoms with Crippen LogP contribution in [-0.4, -0.2) is 36.4 Å². The van der Waals surface area contributed by atoms with E-state index in [1.165, 1.54) is 66.5 Å². The van der Waals surface area contributed by atoms with Crippen LogP contribution >= 0.6 is 8.15 Å². The molecule has 1 heterocycles. The van der Waals surface area contributed by atoms with Crippen molar-refractivity contribution in [1.29, 1.82) is 0 Å². The van der Waals surface area contributed by atoms with Crippen LogP contribution in [0.5, 0.6) is 11.5 Å². The Morgan fingerprint density at radius 2 is 1.70 bits per heavy atom. The number of hydrogen-bond acceptors (Lipinski definition) is 4. The molecule has 2 aliphatic carbocycles. The summed E-state index contributed by atoms with van der Waals surface area (Å²) in [7, 11) is 0.907. The standard InChI is InChI=1S/C32H40NO3P/c1-22-17-27(19-32(33-22)26-11-12-26)30-14-13-28(35-2)20-31(30)25-9-7-24(8-10-25)21-36-29-6-4-5-23(18-29)15-16-37(3)34/h4-6,13-14,17-20,24-26,34H,7-12,15-16,21H2,1-3H3. The summed E-state index contributed by atoms with van der Waals surface area (Å²) in [6.45, 7) is 4.80. The summed E-state index contributed by atoms with van der Waals surface area (Å²) >= 11 is 0. The third kappa shape index (κ3) is 6.92. The van der Waals surface area contributed by atoms with Crippen LogP contribution < -0.4 is 9.47 Å². The summed E-state index contributed by atoms with van der Waals surface area (Å²) in [5.41, 5.74) is 7.66. The van der Waals surface area contributed by atoms with Gasteiger partial charge in [0.25, 0.3) is 0 Å². The number of methoxy groups -OCH3 is 1. The number of ether oxygens (including phenoxy) is 2. The van der Waals surface area contributed by atoms with Crippen LogP contribution in [0.15, 0.2) is 54.6 Å². The smallest absolute Gasteiger partial charge is 0.119 e. The summed E-state index contributed by atoms with van der Waals surface area (Å²) in [5, 5.41) is 0. The number of nitrogens with zero attached hydrogens (tertiary/aromatic N) is 1. The molecule has 1 atom stereocenters. The van der Waals surface area contributed by atoms with Gasteiger partial charge in [-0.05, 0) is 135 Å². The highest BCUT2D eigenvalue weighted by Gasteiger charge is 2.28. The Labute approximate surface area is 223 Å². The van der Waals surface area contributed by atoms with Crippen LogP contribution in [0, 0.1) is 12.8 Å². The predicted molar refractivity (Wildman–Crippen MR) is 153 cm³/mol. The lowest BCUT2D eigenvalue weighted by molar-refractivity contribution is 0.200. The van der Waals surface area contributed by atoms with Gasteiger partial charge in [-0.15, -0.1) is 0 Å². The van der Waals surface area contributed by atoms with Gasteiger partial charge in [0.2, 0.25) is 0 Å². The molecule has 0 amide bonds. The molecule has 0 radical (unpaired) electrons. The zero-order chi connectivity index (χ0) is 25.8. The molecule has 1 unspecified atom stereocenters. The van der Waals surface area contributed by atoms with Crippen molar-refractivity contribution in [1.82, 2.24) is 4.98 Å². The van der Waals surface area contributed by atoms with E-state index in [2.05, 4.69) is 61.5 Å². The minimum absolute atomic E-state index is 0.532. The average Bonchev–Trinajstić information content (AvgIpc) is 3.76. The van der Waals surface area contributed by atoms with Gasteiger partial charge in [0.05, 0.1) is 13.7 Å². The second kappa shape index (κ2) is 12.0. The first-order chi connectivity index (χ1) is 18.0. The van der Waals surface area contributed by atoms with Gasteiger partial charge < -0.3 is 14.4 Å². The molecule has 0 bridgehead atoms. The Hall–Kier alpha value is -2.42. The van der Waals surface area contributed by atoms with Crippen molar-refractivity contribution >= 4 is 8.15 Å². The molecule has 2 fully saturated rings. The van der Waals surface area contributed by atoms with E-state index in [4.69, 9.17) is 14.5 Å². The third-order valence-corrected chi connectivity index (χ3v) is 8.80. The SMILES string of the molecule is COc1ccc(-c2cc(C)nc(C3CC3)c2)c(C2CCC(COc3cccc(CCP(C)O)c3)CC2)c1. The lowest BCUT2D eigenvalue weighted by Gasteiger charge is -2.30. The first kappa shape index (κ1) is 26.2. The zero-order valence-electron chi connectivity index (χ0n) is 22.5. The molecule has 2 saturated carbocycles. The second-order valence-electron chi connectivity index (χ2n) is 11.0. The average molecular weight is 518 g/mol. The molecule has 0 saturated heterocycles. The fourth-order valence-corrected chi connectivity index (χ4v) is 6.22. The van der Waals surface area contributed by atoms with Crippen molar-refractivity contribution < 1.29 is 14.4 Å². The van der Waals surface area contributed by atoms with Crippen molar-refractivity contribution in [2.45, 2.75) is 63.7 Å². The van der Waals surface area contributed by atoms with E-state index in [9.17, 15) is 4.89 Å².